The van der Waals surface area contributed by atoms with Crippen molar-refractivity contribution < 1.29 is 14.3 Å². The molecular weight excluding hydrogens is 348 g/mol. The number of carbonyl (C=O) groups excluding carboxylic acids is 1. The maximum absolute atomic E-state index is 12.0. The third-order valence-electron chi connectivity index (χ3n) is 4.89. The van der Waals surface area contributed by atoms with E-state index in [1.165, 1.54) is 32.1 Å². The van der Waals surface area contributed by atoms with Crippen molar-refractivity contribution >= 4 is 5.97 Å². The van der Waals surface area contributed by atoms with E-state index in [1.54, 1.807) is 0 Å². The van der Waals surface area contributed by atoms with Gasteiger partial charge in [-0.15, -0.1) is 0 Å². The molecule has 0 saturated carbocycles. The minimum absolute atomic E-state index is 0.106. The van der Waals surface area contributed by atoms with Crippen LogP contribution in [0.15, 0.2) is 54.6 Å². The lowest BCUT2D eigenvalue weighted by Crippen LogP contribution is -2.08. The van der Waals surface area contributed by atoms with Crippen LogP contribution in [0.5, 0.6) is 5.75 Å². The van der Waals surface area contributed by atoms with Gasteiger partial charge in [0, 0.05) is 6.42 Å². The highest BCUT2D eigenvalue weighted by atomic mass is 16.5. The van der Waals surface area contributed by atoms with E-state index in [9.17, 15) is 4.79 Å². The fraction of sp³-hybridized carbons (Fsp3) is 0.480. The van der Waals surface area contributed by atoms with Crippen LogP contribution in [-0.2, 0) is 16.1 Å². The van der Waals surface area contributed by atoms with Crippen LogP contribution in [0.2, 0.25) is 0 Å². The van der Waals surface area contributed by atoms with Crippen LogP contribution < -0.4 is 4.74 Å². The van der Waals surface area contributed by atoms with Crippen molar-refractivity contribution in [3.8, 4) is 5.75 Å². The maximum Gasteiger partial charge on any atom is 0.306 e. The second-order valence-corrected chi connectivity index (χ2v) is 7.35. The minimum Gasteiger partial charge on any atom is -0.489 e. The van der Waals surface area contributed by atoms with Crippen LogP contribution in [0.1, 0.15) is 82.4 Å². The number of hydrogen-bond acceptors (Lipinski definition) is 3. The molecule has 0 aromatic heterocycles. The number of hydrogen-bond donors (Lipinski definition) is 0. The molecule has 0 aliphatic carbocycles. The normalized spacial score (nSPS) is 11.8. The molecule has 0 aliphatic rings. The van der Waals surface area contributed by atoms with E-state index in [0.717, 1.165) is 29.7 Å². The molecular formula is C25H34O3. The molecule has 0 N–H and O–H groups in total. The molecule has 0 unspecified atom stereocenters. The van der Waals surface area contributed by atoms with Gasteiger partial charge >= 0.3 is 5.97 Å². The Hall–Kier alpha value is -2.29. The molecule has 0 aliphatic heterocycles. The van der Waals surface area contributed by atoms with Gasteiger partial charge in [-0.05, 0) is 36.6 Å². The van der Waals surface area contributed by atoms with E-state index >= 15 is 0 Å². The van der Waals surface area contributed by atoms with E-state index in [4.69, 9.17) is 9.47 Å². The monoisotopic (exact) mass is 382 g/mol. The Bertz CT molecular complexity index is 664. The van der Waals surface area contributed by atoms with Gasteiger partial charge in [0.15, 0.2) is 0 Å². The van der Waals surface area contributed by atoms with Crippen molar-refractivity contribution in [3.05, 3.63) is 65.7 Å². The number of ether oxygens (including phenoxy) is 2. The first kappa shape index (κ1) is 22.0. The zero-order valence-corrected chi connectivity index (χ0v) is 17.4. The molecule has 0 amide bonds. The van der Waals surface area contributed by atoms with Crippen LogP contribution in [0.25, 0.3) is 0 Å². The van der Waals surface area contributed by atoms with E-state index < -0.39 is 0 Å². The van der Waals surface area contributed by atoms with Gasteiger partial charge in [-0.2, -0.15) is 0 Å². The van der Waals surface area contributed by atoms with Crippen LogP contribution in [0, 0.1) is 0 Å². The second kappa shape index (κ2) is 13.0. The Labute approximate surface area is 170 Å². The topological polar surface area (TPSA) is 35.5 Å². The molecule has 0 radical (unpaired) electrons. The number of rotatable bonds is 13. The first-order valence-electron chi connectivity index (χ1n) is 10.6. The van der Waals surface area contributed by atoms with Crippen LogP contribution in [0.4, 0.5) is 0 Å². The zero-order chi connectivity index (χ0) is 20.0. The van der Waals surface area contributed by atoms with E-state index in [0.29, 0.717) is 13.0 Å². The van der Waals surface area contributed by atoms with Gasteiger partial charge < -0.3 is 9.47 Å². The Morgan fingerprint density at radius 2 is 1.50 bits per heavy atom. The van der Waals surface area contributed by atoms with Crippen molar-refractivity contribution in [3.63, 3.8) is 0 Å². The molecule has 2 rings (SSSR count). The van der Waals surface area contributed by atoms with E-state index in [1.807, 2.05) is 61.5 Å². The molecule has 0 spiro atoms. The van der Waals surface area contributed by atoms with Gasteiger partial charge in [-0.1, -0.05) is 87.9 Å². The third kappa shape index (κ3) is 8.60. The highest BCUT2D eigenvalue weighted by Crippen LogP contribution is 2.22. The summed E-state index contributed by atoms with van der Waals surface area (Å²) in [5, 5.41) is 0. The summed E-state index contributed by atoms with van der Waals surface area (Å²) in [5.74, 6) is 0.708. The smallest absolute Gasteiger partial charge is 0.306 e. The molecule has 0 saturated heterocycles. The lowest BCUT2D eigenvalue weighted by Gasteiger charge is -2.14. The molecule has 2 aromatic rings. The molecule has 0 bridgehead atoms. The predicted octanol–water partition coefficient (Wildman–Crippen LogP) is 7.01. The quantitative estimate of drug-likeness (QED) is 0.276. The molecule has 152 valence electrons. The average molecular weight is 383 g/mol. The SMILES string of the molecule is CCCCCCCCCC(=O)O[C@H](C)c1ccc(OCc2ccccc2)cc1. The molecule has 3 heteroatoms. The molecule has 1 atom stereocenters. The summed E-state index contributed by atoms with van der Waals surface area (Å²) in [6.07, 6.45) is 8.69. The van der Waals surface area contributed by atoms with Crippen molar-refractivity contribution in [2.45, 2.75) is 77.9 Å². The van der Waals surface area contributed by atoms with Crippen LogP contribution in [-0.4, -0.2) is 5.97 Å². The number of benzene rings is 2. The second-order valence-electron chi connectivity index (χ2n) is 7.35. The predicted molar refractivity (Wildman–Crippen MR) is 114 cm³/mol. The number of esters is 1. The highest BCUT2D eigenvalue weighted by molar-refractivity contribution is 5.69. The Kier molecular flexibility index (Phi) is 10.2. The fourth-order valence-corrected chi connectivity index (χ4v) is 3.13. The average Bonchev–Trinajstić information content (AvgIpc) is 2.72. The molecule has 0 heterocycles. The molecule has 0 fully saturated rings. The Morgan fingerprint density at radius 3 is 2.18 bits per heavy atom. The fourth-order valence-electron chi connectivity index (χ4n) is 3.13. The van der Waals surface area contributed by atoms with Gasteiger partial charge in [-0.3, -0.25) is 4.79 Å². The van der Waals surface area contributed by atoms with E-state index in [-0.39, 0.29) is 12.1 Å². The number of carbonyl (C=O) groups is 1. The van der Waals surface area contributed by atoms with Gasteiger partial charge in [-0.25, -0.2) is 0 Å². The zero-order valence-electron chi connectivity index (χ0n) is 17.4. The first-order valence-corrected chi connectivity index (χ1v) is 10.6. The van der Waals surface area contributed by atoms with Crippen molar-refractivity contribution in [2.24, 2.45) is 0 Å². The minimum atomic E-state index is -0.236. The highest BCUT2D eigenvalue weighted by Gasteiger charge is 2.11. The Morgan fingerprint density at radius 1 is 0.857 bits per heavy atom. The summed E-state index contributed by atoms with van der Waals surface area (Å²) >= 11 is 0. The number of unbranched alkanes of at least 4 members (excludes halogenated alkanes) is 6. The lowest BCUT2D eigenvalue weighted by molar-refractivity contribution is -0.148. The summed E-state index contributed by atoms with van der Waals surface area (Å²) in [7, 11) is 0. The van der Waals surface area contributed by atoms with Crippen molar-refractivity contribution in [1.29, 1.82) is 0 Å². The van der Waals surface area contributed by atoms with Gasteiger partial charge in [0.25, 0.3) is 0 Å². The Balaban J connectivity index is 1.66. The van der Waals surface area contributed by atoms with Crippen LogP contribution in [0.3, 0.4) is 0 Å². The van der Waals surface area contributed by atoms with Gasteiger partial charge in [0.1, 0.15) is 18.5 Å². The summed E-state index contributed by atoms with van der Waals surface area (Å²) in [4.78, 5) is 12.0. The van der Waals surface area contributed by atoms with Crippen LogP contribution >= 0.6 is 0 Å². The first-order chi connectivity index (χ1) is 13.7. The van der Waals surface area contributed by atoms with Gasteiger partial charge in [0.05, 0.1) is 0 Å². The molecule has 2 aromatic carbocycles. The van der Waals surface area contributed by atoms with Gasteiger partial charge in [0.2, 0.25) is 0 Å². The lowest BCUT2D eigenvalue weighted by atomic mass is 10.1. The largest absolute Gasteiger partial charge is 0.489 e. The third-order valence-corrected chi connectivity index (χ3v) is 4.89. The van der Waals surface area contributed by atoms with E-state index in [2.05, 4.69) is 6.92 Å². The standard InChI is InChI=1S/C25H34O3/c1-3-4-5-6-7-8-12-15-25(26)28-21(2)23-16-18-24(19-17-23)27-20-22-13-10-9-11-14-22/h9-11,13-14,16-19,21H,3-8,12,15,20H2,1-2H3/t21-/m1/s1. The molecule has 28 heavy (non-hydrogen) atoms. The van der Waals surface area contributed by atoms with Crippen molar-refractivity contribution in [1.82, 2.24) is 0 Å². The summed E-state index contributed by atoms with van der Waals surface area (Å²) in [5.41, 5.74) is 2.12. The van der Waals surface area contributed by atoms with Crippen molar-refractivity contribution in [2.75, 3.05) is 0 Å². The maximum atomic E-state index is 12.0. The summed E-state index contributed by atoms with van der Waals surface area (Å²) < 4.78 is 11.4. The summed E-state index contributed by atoms with van der Waals surface area (Å²) in [6, 6.07) is 17.9. The summed E-state index contributed by atoms with van der Waals surface area (Å²) in [6.45, 7) is 4.69. The molecule has 3 nitrogen and oxygen atoms in total.